The van der Waals surface area contributed by atoms with E-state index < -0.39 is 0 Å². The van der Waals surface area contributed by atoms with Crippen molar-refractivity contribution in [3.05, 3.63) is 71.4 Å². The molecule has 0 saturated heterocycles. The molecule has 3 rings (SSSR count). The fraction of sp³-hybridized carbons (Fsp3) is 0.0588. The van der Waals surface area contributed by atoms with Gasteiger partial charge in [0.05, 0.1) is 5.69 Å². The minimum absolute atomic E-state index is 0.238. The van der Waals surface area contributed by atoms with Crippen LogP contribution < -0.4 is 5.84 Å². The van der Waals surface area contributed by atoms with Crippen molar-refractivity contribution in [2.24, 2.45) is 10.8 Å². The Morgan fingerprint density at radius 1 is 1.14 bits per heavy atom. The van der Waals surface area contributed by atoms with Crippen LogP contribution in [0.4, 0.5) is 5.69 Å². The van der Waals surface area contributed by atoms with Crippen LogP contribution in [0.5, 0.6) is 0 Å². The first-order valence-electron chi connectivity index (χ1n) is 6.66. The number of carbonyl (C=O) groups excluding carboxylic acids is 1. The van der Waals surface area contributed by atoms with Gasteiger partial charge < -0.3 is 0 Å². The molecular formula is C17H15N3O. The van der Waals surface area contributed by atoms with E-state index in [2.05, 4.69) is 4.99 Å². The van der Waals surface area contributed by atoms with Gasteiger partial charge in [-0.25, -0.2) is 5.84 Å². The van der Waals surface area contributed by atoms with Crippen molar-refractivity contribution in [2.45, 2.75) is 6.92 Å². The lowest BCUT2D eigenvalue weighted by atomic mass is 10.1. The number of hydrazine groups is 1. The van der Waals surface area contributed by atoms with Crippen LogP contribution in [0.2, 0.25) is 0 Å². The molecule has 1 amide bonds. The van der Waals surface area contributed by atoms with Crippen LogP contribution in [0.3, 0.4) is 0 Å². The summed E-state index contributed by atoms with van der Waals surface area (Å²) in [4.78, 5) is 16.7. The number of nitrogens with two attached hydrogens (primary N) is 1. The van der Waals surface area contributed by atoms with Gasteiger partial charge in [-0.2, -0.15) is 0 Å². The van der Waals surface area contributed by atoms with Gasteiger partial charge in [-0.05, 0) is 24.6 Å². The number of hydrogen-bond donors (Lipinski definition) is 1. The molecule has 2 N–H and O–H groups in total. The zero-order valence-electron chi connectivity index (χ0n) is 11.7. The molecule has 4 heteroatoms. The molecule has 104 valence electrons. The topological polar surface area (TPSA) is 58.7 Å². The highest BCUT2D eigenvalue weighted by atomic mass is 16.2. The van der Waals surface area contributed by atoms with Gasteiger partial charge in [0.1, 0.15) is 0 Å². The zero-order chi connectivity index (χ0) is 14.8. The predicted molar refractivity (Wildman–Crippen MR) is 84.1 cm³/mol. The number of allylic oxidation sites excluding steroid dienone is 1. The number of fused-ring (bicyclic) bond motifs is 1. The Bertz CT molecular complexity index is 762. The Morgan fingerprint density at radius 3 is 2.67 bits per heavy atom. The Labute approximate surface area is 123 Å². The molecule has 0 aliphatic carbocycles. The highest BCUT2D eigenvalue weighted by Gasteiger charge is 2.16. The smallest absolute Gasteiger partial charge is 0.267 e. The van der Waals surface area contributed by atoms with E-state index in [0.717, 1.165) is 27.4 Å². The summed E-state index contributed by atoms with van der Waals surface area (Å²) in [7, 11) is 0. The molecule has 0 radical (unpaired) electrons. The third kappa shape index (κ3) is 2.49. The third-order valence-corrected chi connectivity index (χ3v) is 3.45. The van der Waals surface area contributed by atoms with Crippen LogP contribution in [0.25, 0.3) is 5.57 Å². The van der Waals surface area contributed by atoms with Crippen molar-refractivity contribution in [3.63, 3.8) is 0 Å². The highest BCUT2D eigenvalue weighted by Crippen LogP contribution is 2.30. The summed E-state index contributed by atoms with van der Waals surface area (Å²) in [6, 6.07) is 15.1. The first kappa shape index (κ1) is 13.3. The number of para-hydroxylation sites is 1. The largest absolute Gasteiger partial charge is 0.272 e. The monoisotopic (exact) mass is 277 g/mol. The van der Waals surface area contributed by atoms with Gasteiger partial charge in [0, 0.05) is 29.1 Å². The average molecular weight is 277 g/mol. The van der Waals surface area contributed by atoms with Gasteiger partial charge in [-0.15, -0.1) is 0 Å². The van der Waals surface area contributed by atoms with E-state index in [1.165, 1.54) is 0 Å². The van der Waals surface area contributed by atoms with Crippen LogP contribution in [0.1, 0.15) is 21.5 Å². The summed E-state index contributed by atoms with van der Waals surface area (Å²) >= 11 is 0. The molecule has 21 heavy (non-hydrogen) atoms. The van der Waals surface area contributed by atoms with Crippen LogP contribution in [0, 0.1) is 6.92 Å². The summed E-state index contributed by atoms with van der Waals surface area (Å²) in [6.45, 7) is 1.89. The maximum absolute atomic E-state index is 12.4. The molecular weight excluding hydrogens is 262 g/mol. The molecule has 2 aromatic carbocycles. The molecule has 0 spiro atoms. The summed E-state index contributed by atoms with van der Waals surface area (Å²) in [5.74, 6) is 5.66. The number of nitrogens with zero attached hydrogens (tertiary/aromatic N) is 2. The average Bonchev–Trinajstić information content (AvgIpc) is 2.90. The molecule has 0 unspecified atom stereocenters. The lowest BCUT2D eigenvalue weighted by molar-refractivity contribution is 0.0822. The van der Waals surface area contributed by atoms with Gasteiger partial charge in [-0.1, -0.05) is 36.4 Å². The minimum Gasteiger partial charge on any atom is -0.267 e. The van der Waals surface area contributed by atoms with Crippen molar-refractivity contribution in [1.82, 2.24) is 5.01 Å². The molecule has 0 bridgehead atoms. The van der Waals surface area contributed by atoms with Crippen molar-refractivity contribution >= 4 is 23.4 Å². The summed E-state index contributed by atoms with van der Waals surface area (Å²) in [5.41, 5.74) is 4.19. The molecule has 4 nitrogen and oxygen atoms in total. The van der Waals surface area contributed by atoms with Gasteiger partial charge in [-0.3, -0.25) is 14.8 Å². The molecule has 0 fully saturated rings. The maximum atomic E-state index is 12.4. The maximum Gasteiger partial charge on any atom is 0.272 e. The van der Waals surface area contributed by atoms with Crippen molar-refractivity contribution in [3.8, 4) is 0 Å². The fourth-order valence-electron chi connectivity index (χ4n) is 2.30. The lowest BCUT2D eigenvalue weighted by Crippen LogP contribution is -2.33. The van der Waals surface area contributed by atoms with E-state index in [0.29, 0.717) is 5.56 Å². The molecule has 0 aromatic heterocycles. The predicted octanol–water partition coefficient (Wildman–Crippen LogP) is 3.07. The number of benzene rings is 2. The molecule has 2 aromatic rings. The van der Waals surface area contributed by atoms with Gasteiger partial charge >= 0.3 is 0 Å². The Hall–Kier alpha value is -2.72. The quantitative estimate of drug-likeness (QED) is 0.521. The Morgan fingerprint density at radius 2 is 1.86 bits per heavy atom. The Balaban J connectivity index is 1.89. The van der Waals surface area contributed by atoms with E-state index in [9.17, 15) is 4.79 Å². The lowest BCUT2D eigenvalue weighted by Gasteiger charge is -2.14. The second-order valence-electron chi connectivity index (χ2n) is 4.89. The number of aryl methyl sites for hydroxylation is 1. The zero-order valence-corrected chi connectivity index (χ0v) is 11.7. The number of hydrogen-bond acceptors (Lipinski definition) is 3. The molecule has 1 heterocycles. The molecule has 0 atom stereocenters. The number of carbonyl (C=O) groups is 1. The number of amides is 1. The summed E-state index contributed by atoms with van der Waals surface area (Å²) < 4.78 is 0. The van der Waals surface area contributed by atoms with Crippen molar-refractivity contribution in [2.75, 3.05) is 0 Å². The van der Waals surface area contributed by atoms with Gasteiger partial charge in [0.2, 0.25) is 0 Å². The number of rotatable bonds is 2. The normalized spacial score (nSPS) is 14.3. The molecule has 1 aliphatic rings. The first-order chi connectivity index (χ1) is 10.2. The van der Waals surface area contributed by atoms with E-state index in [-0.39, 0.29) is 5.91 Å². The van der Waals surface area contributed by atoms with E-state index in [1.807, 2.05) is 49.4 Å². The van der Waals surface area contributed by atoms with Crippen LogP contribution >= 0.6 is 0 Å². The van der Waals surface area contributed by atoms with Crippen molar-refractivity contribution < 1.29 is 4.79 Å². The van der Waals surface area contributed by atoms with Crippen LogP contribution in [-0.4, -0.2) is 17.1 Å². The SMILES string of the molecule is Cc1ccccc1C(=O)N(N)/C=C1\C=Nc2ccccc21. The van der Waals surface area contributed by atoms with Crippen molar-refractivity contribution in [1.29, 1.82) is 0 Å². The number of aliphatic imine (C=N–C) groups is 1. The molecule has 1 aliphatic heterocycles. The van der Waals surface area contributed by atoms with E-state index >= 15 is 0 Å². The van der Waals surface area contributed by atoms with E-state index in [1.54, 1.807) is 18.5 Å². The second kappa shape index (κ2) is 5.34. The van der Waals surface area contributed by atoms with Crippen LogP contribution in [0.15, 0.2) is 59.7 Å². The molecule has 0 saturated carbocycles. The fourth-order valence-corrected chi connectivity index (χ4v) is 2.30. The second-order valence-corrected chi connectivity index (χ2v) is 4.89. The highest BCUT2D eigenvalue weighted by molar-refractivity contribution is 6.16. The standard InChI is InChI=1S/C17H15N3O/c1-12-6-2-3-7-14(12)17(21)20(18)11-13-10-19-16-9-5-4-8-15(13)16/h2-11H,18H2,1H3/b13-11+. The first-order valence-corrected chi connectivity index (χ1v) is 6.66. The summed E-state index contributed by atoms with van der Waals surface area (Å²) in [5, 5.41) is 1.12. The van der Waals surface area contributed by atoms with E-state index in [4.69, 9.17) is 5.84 Å². The van der Waals surface area contributed by atoms with Crippen LogP contribution in [-0.2, 0) is 0 Å². The third-order valence-electron chi connectivity index (χ3n) is 3.45. The summed E-state index contributed by atoms with van der Waals surface area (Å²) in [6.07, 6.45) is 3.33. The Kier molecular flexibility index (Phi) is 3.38. The minimum atomic E-state index is -0.238. The van der Waals surface area contributed by atoms with Gasteiger partial charge in [0.25, 0.3) is 5.91 Å². The van der Waals surface area contributed by atoms with Gasteiger partial charge in [0.15, 0.2) is 0 Å².